The van der Waals surface area contributed by atoms with Crippen LogP contribution in [0.3, 0.4) is 0 Å². The maximum absolute atomic E-state index is 6.55. The zero-order valence-corrected chi connectivity index (χ0v) is 24.2. The molecule has 208 valence electrons. The fourth-order valence-electron chi connectivity index (χ4n) is 6.48. The first kappa shape index (κ1) is 25.2. The van der Waals surface area contributed by atoms with E-state index in [0.29, 0.717) is 0 Å². The molecule has 4 heteroatoms. The number of hydrogen-bond acceptors (Lipinski definition) is 3. The molecule has 1 aromatic heterocycles. The van der Waals surface area contributed by atoms with Gasteiger partial charge in [0.1, 0.15) is 18.2 Å². The topological polar surface area (TPSA) is 20.6 Å². The molecule has 2 heterocycles. The second kappa shape index (κ2) is 10.1. The summed E-state index contributed by atoms with van der Waals surface area (Å²) < 4.78 is 8.87. The summed E-state index contributed by atoms with van der Waals surface area (Å²) in [4.78, 5) is 4.75. The molecule has 43 heavy (non-hydrogen) atoms. The van der Waals surface area contributed by atoms with Crippen LogP contribution in [0.25, 0.3) is 27.5 Å². The molecule has 0 saturated carbocycles. The molecule has 0 bridgehead atoms. The van der Waals surface area contributed by atoms with Gasteiger partial charge in [-0.05, 0) is 91.7 Å². The van der Waals surface area contributed by atoms with E-state index in [1.54, 1.807) is 0 Å². The number of fused-ring (bicyclic) bond motifs is 4. The lowest BCUT2D eigenvalue weighted by Crippen LogP contribution is -2.24. The summed E-state index contributed by atoms with van der Waals surface area (Å²) in [5, 5.41) is 2.44. The van der Waals surface area contributed by atoms with Crippen molar-refractivity contribution >= 4 is 44.6 Å². The summed E-state index contributed by atoms with van der Waals surface area (Å²) in [6.07, 6.45) is 0. The molecule has 1 aliphatic heterocycles. The Hall–Kier alpha value is -5.48. The highest BCUT2D eigenvalue weighted by Crippen LogP contribution is 2.45. The van der Waals surface area contributed by atoms with E-state index in [1.807, 2.05) is 6.07 Å². The Labute approximate surface area is 251 Å². The number of benzene rings is 6. The molecule has 0 radical (unpaired) electrons. The van der Waals surface area contributed by atoms with E-state index in [-0.39, 0.29) is 0 Å². The molecule has 0 spiro atoms. The third kappa shape index (κ3) is 4.39. The molecule has 0 N–H and O–H groups in total. The predicted molar refractivity (Wildman–Crippen MR) is 179 cm³/mol. The Balaban J connectivity index is 1.16. The van der Waals surface area contributed by atoms with E-state index in [4.69, 9.17) is 4.74 Å². The van der Waals surface area contributed by atoms with Crippen molar-refractivity contribution in [3.63, 3.8) is 0 Å². The van der Waals surface area contributed by atoms with Crippen molar-refractivity contribution in [3.8, 4) is 17.2 Å². The average molecular weight is 558 g/mol. The van der Waals surface area contributed by atoms with Gasteiger partial charge in [0.2, 0.25) is 0 Å². The Bertz CT molecular complexity index is 2110. The summed E-state index contributed by atoms with van der Waals surface area (Å²) in [7, 11) is 0. The number of anilines is 4. The van der Waals surface area contributed by atoms with Crippen LogP contribution in [0.4, 0.5) is 22.7 Å². The first-order chi connectivity index (χ1) is 21.1. The van der Waals surface area contributed by atoms with Gasteiger partial charge < -0.3 is 19.1 Å². The van der Waals surface area contributed by atoms with Gasteiger partial charge in [-0.15, -0.1) is 0 Å². The van der Waals surface area contributed by atoms with Crippen molar-refractivity contribution in [1.29, 1.82) is 0 Å². The molecule has 0 unspecified atom stereocenters. The number of hydrogen-bond donors (Lipinski definition) is 0. The summed E-state index contributed by atoms with van der Waals surface area (Å²) in [6.45, 7) is 5.05. The number of aryl methyl sites for hydroxylation is 2. The maximum Gasteiger partial charge on any atom is 0.129 e. The van der Waals surface area contributed by atoms with Gasteiger partial charge in [0.05, 0.1) is 22.4 Å². The largest absolute Gasteiger partial charge is 0.457 e. The van der Waals surface area contributed by atoms with Crippen LogP contribution in [0, 0.1) is 13.8 Å². The highest BCUT2D eigenvalue weighted by atomic mass is 16.5. The molecule has 0 aliphatic carbocycles. The zero-order chi connectivity index (χ0) is 28.9. The number of ether oxygens (including phenoxy) is 1. The van der Waals surface area contributed by atoms with E-state index < -0.39 is 0 Å². The third-order valence-corrected chi connectivity index (χ3v) is 8.29. The Morgan fingerprint density at radius 2 is 1.09 bits per heavy atom. The SMILES string of the molecule is Cc1cc(C)cc(N2CN(c3cccc(Oc4ccc5c6ccccc6n(-c6ccccc6)c5c4)c3)c3ccccc32)c1. The fourth-order valence-corrected chi connectivity index (χ4v) is 6.48. The van der Waals surface area contributed by atoms with Crippen LogP contribution in [0.1, 0.15) is 11.1 Å². The van der Waals surface area contributed by atoms with E-state index in [0.717, 1.165) is 35.1 Å². The minimum Gasteiger partial charge on any atom is -0.457 e. The highest BCUT2D eigenvalue weighted by molar-refractivity contribution is 6.09. The van der Waals surface area contributed by atoms with Crippen molar-refractivity contribution in [2.24, 2.45) is 0 Å². The van der Waals surface area contributed by atoms with Gasteiger partial charge in [0.25, 0.3) is 0 Å². The van der Waals surface area contributed by atoms with E-state index in [9.17, 15) is 0 Å². The highest BCUT2D eigenvalue weighted by Gasteiger charge is 2.28. The molecular weight excluding hydrogens is 526 g/mol. The smallest absolute Gasteiger partial charge is 0.129 e. The summed E-state index contributed by atoms with van der Waals surface area (Å²) in [5.41, 5.74) is 10.7. The number of para-hydroxylation sites is 4. The van der Waals surface area contributed by atoms with E-state index in [2.05, 4.69) is 162 Å². The first-order valence-corrected chi connectivity index (χ1v) is 14.7. The number of rotatable bonds is 5. The van der Waals surface area contributed by atoms with Gasteiger partial charge in [-0.1, -0.05) is 60.7 Å². The quantitative estimate of drug-likeness (QED) is 0.210. The molecule has 0 amide bonds. The molecule has 6 aromatic carbocycles. The molecule has 0 saturated heterocycles. The second-order valence-corrected chi connectivity index (χ2v) is 11.3. The molecule has 0 fully saturated rings. The lowest BCUT2D eigenvalue weighted by molar-refractivity contribution is 0.483. The van der Waals surface area contributed by atoms with Crippen molar-refractivity contribution in [3.05, 3.63) is 151 Å². The van der Waals surface area contributed by atoms with Gasteiger partial charge in [0, 0.05) is 40.0 Å². The first-order valence-electron chi connectivity index (χ1n) is 14.7. The lowest BCUT2D eigenvalue weighted by atomic mass is 10.1. The van der Waals surface area contributed by atoms with Crippen molar-refractivity contribution < 1.29 is 4.74 Å². The Morgan fingerprint density at radius 1 is 0.465 bits per heavy atom. The van der Waals surface area contributed by atoms with Gasteiger partial charge in [0.15, 0.2) is 0 Å². The van der Waals surface area contributed by atoms with E-state index >= 15 is 0 Å². The number of nitrogens with zero attached hydrogens (tertiary/aromatic N) is 3. The summed E-state index contributed by atoms with van der Waals surface area (Å²) >= 11 is 0. The van der Waals surface area contributed by atoms with Crippen LogP contribution in [-0.2, 0) is 0 Å². The lowest BCUT2D eigenvalue weighted by Gasteiger charge is -2.23. The number of aromatic nitrogens is 1. The molecule has 7 aromatic rings. The molecular formula is C39H31N3O. The third-order valence-electron chi connectivity index (χ3n) is 8.29. The zero-order valence-electron chi connectivity index (χ0n) is 24.2. The van der Waals surface area contributed by atoms with Gasteiger partial charge >= 0.3 is 0 Å². The van der Waals surface area contributed by atoms with E-state index in [1.165, 1.54) is 44.5 Å². The summed E-state index contributed by atoms with van der Waals surface area (Å²) in [5.74, 6) is 1.62. The molecule has 0 atom stereocenters. The van der Waals surface area contributed by atoms with Gasteiger partial charge in [-0.3, -0.25) is 0 Å². The average Bonchev–Trinajstić information content (AvgIpc) is 3.57. The predicted octanol–water partition coefficient (Wildman–Crippen LogP) is 10.4. The van der Waals surface area contributed by atoms with Crippen LogP contribution >= 0.6 is 0 Å². The van der Waals surface area contributed by atoms with Crippen LogP contribution in [0.5, 0.6) is 11.5 Å². The Kier molecular flexibility index (Phi) is 5.93. The minimum atomic E-state index is 0.731. The van der Waals surface area contributed by atoms with Crippen molar-refractivity contribution in [2.75, 3.05) is 16.5 Å². The van der Waals surface area contributed by atoms with Crippen LogP contribution in [0.15, 0.2) is 140 Å². The summed E-state index contributed by atoms with van der Waals surface area (Å²) in [6, 6.07) is 49.3. The molecule has 4 nitrogen and oxygen atoms in total. The Morgan fingerprint density at radius 3 is 1.88 bits per heavy atom. The van der Waals surface area contributed by atoms with Gasteiger partial charge in [-0.2, -0.15) is 0 Å². The van der Waals surface area contributed by atoms with Crippen LogP contribution in [-0.4, -0.2) is 11.2 Å². The van der Waals surface area contributed by atoms with Crippen molar-refractivity contribution in [2.45, 2.75) is 13.8 Å². The second-order valence-electron chi connectivity index (χ2n) is 11.3. The fraction of sp³-hybridized carbons (Fsp3) is 0.0769. The van der Waals surface area contributed by atoms with Crippen LogP contribution in [0.2, 0.25) is 0 Å². The van der Waals surface area contributed by atoms with Gasteiger partial charge in [-0.25, -0.2) is 0 Å². The van der Waals surface area contributed by atoms with Crippen LogP contribution < -0.4 is 14.5 Å². The normalized spacial score (nSPS) is 12.7. The maximum atomic E-state index is 6.55. The molecule has 1 aliphatic rings. The minimum absolute atomic E-state index is 0.731. The van der Waals surface area contributed by atoms with Crippen molar-refractivity contribution in [1.82, 2.24) is 4.57 Å². The standard InChI is InChI=1S/C39H31N3O/c1-27-21-28(2)23-31(22-27)41-26-40(37-17-8-9-18-38(37)41)30-13-10-14-32(24-30)43-33-19-20-35-34-15-6-7-16-36(34)42(39(35)25-33)29-11-4-3-5-12-29/h3-25H,26H2,1-2H3. The monoisotopic (exact) mass is 557 g/mol. The molecule has 8 rings (SSSR count).